The van der Waals surface area contributed by atoms with Crippen LogP contribution in [0.15, 0.2) is 60.7 Å². The molecule has 3 rings (SSSR count). The van der Waals surface area contributed by atoms with E-state index in [1.54, 1.807) is 0 Å². The van der Waals surface area contributed by atoms with Crippen LogP contribution in [0.1, 0.15) is 63.7 Å². The monoisotopic (exact) mass is 350 g/mol. The second-order valence-corrected chi connectivity index (χ2v) is 7.75. The Labute approximate surface area is 159 Å². The molecule has 4 atom stereocenters. The van der Waals surface area contributed by atoms with Gasteiger partial charge in [-0.15, -0.1) is 0 Å². The first-order valence-corrected chi connectivity index (χ1v) is 10.2. The minimum absolute atomic E-state index is 0.468. The summed E-state index contributed by atoms with van der Waals surface area (Å²) in [7, 11) is 0. The maximum absolute atomic E-state index is 2.75. The van der Waals surface area contributed by atoms with Gasteiger partial charge in [-0.1, -0.05) is 67.6 Å². The quantitative estimate of drug-likeness (QED) is 0.633. The van der Waals surface area contributed by atoms with E-state index in [1.165, 1.54) is 37.1 Å². The molecular formula is C24H34N2. The molecule has 1 heterocycles. The Balaban J connectivity index is 1.76. The fraction of sp³-hybridized carbons (Fsp3) is 0.500. The minimum atomic E-state index is 0.468. The van der Waals surface area contributed by atoms with Gasteiger partial charge in [0.15, 0.2) is 0 Å². The third-order valence-electron chi connectivity index (χ3n) is 6.23. The molecule has 0 unspecified atom stereocenters. The summed E-state index contributed by atoms with van der Waals surface area (Å²) in [5.74, 6) is 0. The first kappa shape index (κ1) is 19.1. The molecule has 2 aromatic carbocycles. The van der Waals surface area contributed by atoms with Gasteiger partial charge in [0.05, 0.1) is 0 Å². The zero-order valence-electron chi connectivity index (χ0n) is 16.8. The van der Waals surface area contributed by atoms with Crippen molar-refractivity contribution in [2.75, 3.05) is 13.1 Å². The fourth-order valence-corrected chi connectivity index (χ4v) is 4.69. The number of likely N-dealkylation sites (tertiary alicyclic amines) is 1. The van der Waals surface area contributed by atoms with Crippen molar-refractivity contribution >= 4 is 0 Å². The van der Waals surface area contributed by atoms with Crippen LogP contribution in [0.3, 0.4) is 0 Å². The van der Waals surface area contributed by atoms with Gasteiger partial charge in [0.25, 0.3) is 0 Å². The normalized spacial score (nSPS) is 23.3. The summed E-state index contributed by atoms with van der Waals surface area (Å²) in [4.78, 5) is 5.44. The van der Waals surface area contributed by atoms with Crippen LogP contribution in [-0.4, -0.2) is 35.0 Å². The third kappa shape index (κ3) is 4.02. The van der Waals surface area contributed by atoms with Gasteiger partial charge in [0, 0.05) is 30.7 Å². The average Bonchev–Trinajstić information content (AvgIpc) is 3.07. The molecular weight excluding hydrogens is 316 g/mol. The van der Waals surface area contributed by atoms with Crippen LogP contribution in [0.4, 0.5) is 0 Å². The first-order chi connectivity index (χ1) is 12.6. The Morgan fingerprint density at radius 2 is 1.54 bits per heavy atom. The smallest absolute Gasteiger partial charge is 0.0323 e. The summed E-state index contributed by atoms with van der Waals surface area (Å²) in [5, 5.41) is 0. The largest absolute Gasteiger partial charge is 0.292 e. The summed E-state index contributed by atoms with van der Waals surface area (Å²) in [6.45, 7) is 11.8. The van der Waals surface area contributed by atoms with E-state index in [4.69, 9.17) is 0 Å². The summed E-state index contributed by atoms with van der Waals surface area (Å²) in [6, 6.07) is 24.1. The van der Waals surface area contributed by atoms with Crippen molar-refractivity contribution in [1.82, 2.24) is 9.80 Å². The van der Waals surface area contributed by atoms with Gasteiger partial charge in [0.2, 0.25) is 0 Å². The van der Waals surface area contributed by atoms with Gasteiger partial charge in [-0.2, -0.15) is 0 Å². The van der Waals surface area contributed by atoms with Crippen molar-refractivity contribution in [3.05, 3.63) is 71.8 Å². The Morgan fingerprint density at radius 1 is 0.962 bits per heavy atom. The number of nitrogens with zero attached hydrogens (tertiary/aromatic N) is 2. The van der Waals surface area contributed by atoms with E-state index in [0.29, 0.717) is 24.2 Å². The summed E-state index contributed by atoms with van der Waals surface area (Å²) >= 11 is 0. The highest BCUT2D eigenvalue weighted by Gasteiger charge is 2.38. The van der Waals surface area contributed by atoms with Crippen LogP contribution >= 0.6 is 0 Å². The second-order valence-electron chi connectivity index (χ2n) is 7.75. The highest BCUT2D eigenvalue weighted by atomic mass is 15.3. The lowest BCUT2D eigenvalue weighted by Crippen LogP contribution is -2.45. The molecule has 0 aromatic heterocycles. The molecule has 26 heavy (non-hydrogen) atoms. The summed E-state index contributed by atoms with van der Waals surface area (Å²) < 4.78 is 0. The van der Waals surface area contributed by atoms with Gasteiger partial charge in [0.1, 0.15) is 0 Å². The Hall–Kier alpha value is -1.64. The molecule has 0 aliphatic carbocycles. The highest BCUT2D eigenvalue weighted by Crippen LogP contribution is 2.35. The molecule has 0 amide bonds. The Morgan fingerprint density at radius 3 is 2.12 bits per heavy atom. The molecule has 0 saturated carbocycles. The zero-order valence-corrected chi connectivity index (χ0v) is 16.8. The molecule has 1 aliphatic rings. The standard InChI is InChI=1S/C24H34N2/c1-5-17-26(20(3)23-14-10-7-11-15-23)24-16-18-25(21(24)4)19(2)22-12-8-6-9-13-22/h6-15,19-21,24H,5,16-18H2,1-4H3/t19-,20-,21+,24+/m0/s1. The van der Waals surface area contributed by atoms with E-state index < -0.39 is 0 Å². The molecule has 1 saturated heterocycles. The van der Waals surface area contributed by atoms with Crippen molar-refractivity contribution in [2.45, 2.75) is 64.7 Å². The van der Waals surface area contributed by atoms with Gasteiger partial charge in [-0.05, 0) is 51.3 Å². The molecule has 2 aromatic rings. The van der Waals surface area contributed by atoms with E-state index >= 15 is 0 Å². The Kier molecular flexibility index (Phi) is 6.50. The Bertz CT molecular complexity index is 654. The number of hydrogen-bond acceptors (Lipinski definition) is 2. The fourth-order valence-electron chi connectivity index (χ4n) is 4.69. The van der Waals surface area contributed by atoms with Crippen molar-refractivity contribution in [3.8, 4) is 0 Å². The van der Waals surface area contributed by atoms with Crippen LogP contribution in [0.25, 0.3) is 0 Å². The second kappa shape index (κ2) is 8.83. The van der Waals surface area contributed by atoms with Gasteiger partial charge in [-0.25, -0.2) is 0 Å². The minimum Gasteiger partial charge on any atom is -0.292 e. The van der Waals surface area contributed by atoms with Crippen LogP contribution in [0.2, 0.25) is 0 Å². The molecule has 1 fully saturated rings. The average molecular weight is 351 g/mol. The third-order valence-corrected chi connectivity index (χ3v) is 6.23. The summed E-state index contributed by atoms with van der Waals surface area (Å²) in [5.41, 5.74) is 2.86. The van der Waals surface area contributed by atoms with Crippen molar-refractivity contribution < 1.29 is 0 Å². The molecule has 0 spiro atoms. The van der Waals surface area contributed by atoms with E-state index in [9.17, 15) is 0 Å². The SMILES string of the molecule is CCCN([C@@H]1CCN([C@@H](C)c2ccccc2)[C@@H]1C)[C@@H](C)c1ccccc1. The molecule has 1 aliphatic heterocycles. The maximum Gasteiger partial charge on any atom is 0.0323 e. The zero-order chi connectivity index (χ0) is 18.5. The number of benzene rings is 2. The number of rotatable bonds is 7. The summed E-state index contributed by atoms with van der Waals surface area (Å²) in [6.07, 6.45) is 2.46. The molecule has 2 nitrogen and oxygen atoms in total. The predicted molar refractivity (Wildman–Crippen MR) is 111 cm³/mol. The van der Waals surface area contributed by atoms with Crippen LogP contribution in [0, 0.1) is 0 Å². The topological polar surface area (TPSA) is 6.48 Å². The molecule has 140 valence electrons. The maximum atomic E-state index is 2.75. The first-order valence-electron chi connectivity index (χ1n) is 10.2. The van der Waals surface area contributed by atoms with Crippen molar-refractivity contribution in [2.24, 2.45) is 0 Å². The lowest BCUT2D eigenvalue weighted by atomic mass is 10.0. The van der Waals surface area contributed by atoms with Crippen LogP contribution in [0.5, 0.6) is 0 Å². The van der Waals surface area contributed by atoms with Gasteiger partial charge >= 0.3 is 0 Å². The molecule has 0 bridgehead atoms. The molecule has 2 heteroatoms. The van der Waals surface area contributed by atoms with E-state index in [1.807, 2.05) is 0 Å². The van der Waals surface area contributed by atoms with Crippen LogP contribution in [-0.2, 0) is 0 Å². The molecule has 0 radical (unpaired) electrons. The van der Waals surface area contributed by atoms with E-state index in [-0.39, 0.29) is 0 Å². The molecule has 0 N–H and O–H groups in total. The van der Waals surface area contributed by atoms with E-state index in [0.717, 1.165) is 0 Å². The van der Waals surface area contributed by atoms with Gasteiger partial charge in [-0.3, -0.25) is 9.80 Å². The van der Waals surface area contributed by atoms with Gasteiger partial charge < -0.3 is 0 Å². The van der Waals surface area contributed by atoms with Crippen molar-refractivity contribution in [3.63, 3.8) is 0 Å². The van der Waals surface area contributed by atoms with E-state index in [2.05, 4.69) is 98.2 Å². The highest BCUT2D eigenvalue weighted by molar-refractivity contribution is 5.21. The predicted octanol–water partition coefficient (Wildman–Crippen LogP) is 5.68. The van der Waals surface area contributed by atoms with Crippen LogP contribution < -0.4 is 0 Å². The lowest BCUT2D eigenvalue weighted by molar-refractivity contribution is 0.0983. The lowest BCUT2D eigenvalue weighted by Gasteiger charge is -2.39. The number of hydrogen-bond donors (Lipinski definition) is 0. The van der Waals surface area contributed by atoms with Crippen molar-refractivity contribution in [1.29, 1.82) is 0 Å².